The Balaban J connectivity index is 1.16. The van der Waals surface area contributed by atoms with Crippen molar-refractivity contribution >= 4 is 17.8 Å². The molecule has 200 valence electrons. The molecule has 3 aromatic rings. The third kappa shape index (κ3) is 7.18. The molecule has 2 aromatic carbocycles. The van der Waals surface area contributed by atoms with Gasteiger partial charge in [-0.05, 0) is 88.1 Å². The number of nitrogens with zero attached hydrogens (tertiary/aromatic N) is 2. The molecule has 1 aromatic heterocycles. The van der Waals surface area contributed by atoms with Crippen LogP contribution >= 0.6 is 0 Å². The molecule has 4 rings (SSSR count). The monoisotopic (exact) mass is 520 g/mol. The van der Waals surface area contributed by atoms with E-state index in [1.54, 1.807) is 55.5 Å². The third-order valence-electron chi connectivity index (χ3n) is 6.33. The van der Waals surface area contributed by atoms with Crippen molar-refractivity contribution in [2.24, 2.45) is 5.92 Å². The van der Waals surface area contributed by atoms with Crippen molar-refractivity contribution in [1.82, 2.24) is 20.8 Å². The van der Waals surface area contributed by atoms with Gasteiger partial charge in [0.1, 0.15) is 5.75 Å². The van der Waals surface area contributed by atoms with E-state index in [0.717, 1.165) is 31.2 Å². The smallest absolute Gasteiger partial charge is 0.308 e. The Labute approximate surface area is 221 Å². The molecule has 1 heterocycles. The normalized spacial score (nSPS) is 16.9. The Morgan fingerprint density at radius 3 is 2.00 bits per heavy atom. The summed E-state index contributed by atoms with van der Waals surface area (Å²) in [5.74, 6) is 0.984. The van der Waals surface area contributed by atoms with Gasteiger partial charge in [0.15, 0.2) is 5.82 Å². The van der Waals surface area contributed by atoms with Crippen LogP contribution in [-0.4, -0.2) is 53.7 Å². The van der Waals surface area contributed by atoms with Crippen molar-refractivity contribution in [2.45, 2.75) is 45.6 Å². The van der Waals surface area contributed by atoms with E-state index in [4.69, 9.17) is 14.0 Å². The Hall–Kier alpha value is -4.21. The molecule has 1 saturated carbocycles. The molecule has 1 aliphatic rings. The van der Waals surface area contributed by atoms with Crippen LogP contribution in [0.15, 0.2) is 53.1 Å². The highest BCUT2D eigenvalue weighted by Crippen LogP contribution is 2.28. The Morgan fingerprint density at radius 2 is 1.47 bits per heavy atom. The van der Waals surface area contributed by atoms with Gasteiger partial charge in [0, 0.05) is 29.8 Å². The molecule has 2 amide bonds. The lowest BCUT2D eigenvalue weighted by Gasteiger charge is -2.27. The topological polar surface area (TPSA) is 133 Å². The molecule has 0 atom stereocenters. The van der Waals surface area contributed by atoms with Crippen LogP contribution in [0, 0.1) is 12.8 Å². The lowest BCUT2D eigenvalue weighted by Crippen LogP contribution is -2.34. The van der Waals surface area contributed by atoms with Crippen LogP contribution in [0.5, 0.6) is 5.75 Å². The number of aromatic nitrogens is 2. The Kier molecular flexibility index (Phi) is 9.07. The van der Waals surface area contributed by atoms with Gasteiger partial charge >= 0.3 is 5.97 Å². The van der Waals surface area contributed by atoms with Crippen molar-refractivity contribution in [3.8, 4) is 17.2 Å². The lowest BCUT2D eigenvalue weighted by atomic mass is 9.87. The minimum absolute atomic E-state index is 0.0433. The zero-order chi connectivity index (χ0) is 26.9. The van der Waals surface area contributed by atoms with E-state index < -0.39 is 0 Å². The fourth-order valence-corrected chi connectivity index (χ4v) is 4.29. The van der Waals surface area contributed by atoms with Gasteiger partial charge in [-0.1, -0.05) is 5.16 Å². The number of esters is 1. The van der Waals surface area contributed by atoms with Crippen molar-refractivity contribution in [2.75, 3.05) is 19.7 Å². The zero-order valence-electron chi connectivity index (χ0n) is 21.6. The molecule has 0 unspecified atom stereocenters. The number of carbonyl (C=O) groups excluding carboxylic acids is 3. The molecule has 38 heavy (non-hydrogen) atoms. The van der Waals surface area contributed by atoms with E-state index in [-0.39, 0.29) is 42.9 Å². The summed E-state index contributed by atoms with van der Waals surface area (Å²) in [5.41, 5.74) is 1.72. The third-order valence-corrected chi connectivity index (χ3v) is 6.33. The Morgan fingerprint density at radius 1 is 0.895 bits per heavy atom. The van der Waals surface area contributed by atoms with Gasteiger partial charge in [0.05, 0.1) is 18.6 Å². The minimum atomic E-state index is -0.245. The van der Waals surface area contributed by atoms with E-state index in [2.05, 4.69) is 20.8 Å². The summed E-state index contributed by atoms with van der Waals surface area (Å²) in [4.78, 5) is 40.9. The fraction of sp³-hybridized carbons (Fsp3) is 0.393. The molecule has 0 spiro atoms. The summed E-state index contributed by atoms with van der Waals surface area (Å²) in [7, 11) is 0. The second-order valence-corrected chi connectivity index (χ2v) is 9.10. The van der Waals surface area contributed by atoms with Crippen LogP contribution in [0.3, 0.4) is 0 Å². The summed E-state index contributed by atoms with van der Waals surface area (Å²) in [6.07, 6.45) is 3.14. The summed E-state index contributed by atoms with van der Waals surface area (Å²) in [5, 5.41) is 9.34. The molecule has 1 aliphatic carbocycles. The van der Waals surface area contributed by atoms with Gasteiger partial charge in [-0.25, -0.2) is 0 Å². The Bertz CT molecular complexity index is 1230. The second-order valence-electron chi connectivity index (χ2n) is 9.10. The maximum Gasteiger partial charge on any atom is 0.308 e. The highest BCUT2D eigenvalue weighted by atomic mass is 16.5. The maximum absolute atomic E-state index is 12.5. The van der Waals surface area contributed by atoms with E-state index in [1.807, 2.05) is 6.92 Å². The van der Waals surface area contributed by atoms with Crippen LogP contribution in [-0.2, 0) is 9.53 Å². The molecule has 0 aliphatic heterocycles. The summed E-state index contributed by atoms with van der Waals surface area (Å²) in [6, 6.07) is 13.8. The quantitative estimate of drug-likeness (QED) is 0.305. The largest absolute Gasteiger partial charge is 0.490 e. The summed E-state index contributed by atoms with van der Waals surface area (Å²) < 4.78 is 16.3. The summed E-state index contributed by atoms with van der Waals surface area (Å²) >= 11 is 0. The number of amides is 2. The molecule has 0 radical (unpaired) electrons. The molecule has 1 fully saturated rings. The first-order valence-corrected chi connectivity index (χ1v) is 12.8. The number of hydrogen-bond donors (Lipinski definition) is 2. The van der Waals surface area contributed by atoms with Gasteiger partial charge in [-0.15, -0.1) is 0 Å². The molecule has 0 saturated heterocycles. The average molecular weight is 521 g/mol. The molecular formula is C28H32N4O6. The van der Waals surface area contributed by atoms with Gasteiger partial charge in [-0.2, -0.15) is 4.98 Å². The molecule has 10 nitrogen and oxygen atoms in total. The molecule has 0 bridgehead atoms. The summed E-state index contributed by atoms with van der Waals surface area (Å²) in [6.45, 7) is 4.52. The zero-order valence-corrected chi connectivity index (χ0v) is 21.6. The van der Waals surface area contributed by atoms with Gasteiger partial charge in [0.25, 0.3) is 17.7 Å². The second kappa shape index (κ2) is 12.8. The van der Waals surface area contributed by atoms with E-state index in [1.165, 1.54) is 0 Å². The van der Waals surface area contributed by atoms with E-state index in [0.29, 0.717) is 35.2 Å². The lowest BCUT2D eigenvalue weighted by molar-refractivity contribution is -0.149. The highest BCUT2D eigenvalue weighted by Gasteiger charge is 2.28. The standard InChI is InChI=1S/C28H32N4O6/c1-3-36-28(35)22-10-14-24(15-11-22)37-23-12-8-20(9-13-23)26(34)30-17-16-29-25(33)19-4-6-21(7-5-19)27-31-18(2)32-38-27/h4-9,12-13,22,24H,3,10-11,14-17H2,1-2H3,(H,29,33)(H,30,34)/t22-,24+. The number of rotatable bonds is 10. The first-order chi connectivity index (χ1) is 18.4. The predicted molar refractivity (Wildman–Crippen MR) is 139 cm³/mol. The van der Waals surface area contributed by atoms with Crippen LogP contribution in [0.2, 0.25) is 0 Å². The number of ether oxygens (including phenoxy) is 2. The van der Waals surface area contributed by atoms with Crippen LogP contribution in [0.1, 0.15) is 59.1 Å². The molecule has 10 heteroatoms. The predicted octanol–water partition coefficient (Wildman–Crippen LogP) is 3.71. The van der Waals surface area contributed by atoms with E-state index in [9.17, 15) is 14.4 Å². The van der Waals surface area contributed by atoms with Crippen LogP contribution < -0.4 is 15.4 Å². The number of carbonyl (C=O) groups is 3. The van der Waals surface area contributed by atoms with Gasteiger partial charge in [-0.3, -0.25) is 14.4 Å². The average Bonchev–Trinajstić information content (AvgIpc) is 3.38. The van der Waals surface area contributed by atoms with Gasteiger partial charge < -0.3 is 24.6 Å². The highest BCUT2D eigenvalue weighted by molar-refractivity contribution is 5.95. The SMILES string of the molecule is CCOC(=O)[C@H]1CC[C@@H](Oc2ccc(C(=O)NCCNC(=O)c3ccc(-c4nc(C)no4)cc3)cc2)CC1. The van der Waals surface area contributed by atoms with Crippen molar-refractivity contribution in [1.29, 1.82) is 0 Å². The molecular weight excluding hydrogens is 488 g/mol. The van der Waals surface area contributed by atoms with Crippen LogP contribution in [0.25, 0.3) is 11.5 Å². The fourth-order valence-electron chi connectivity index (χ4n) is 4.29. The number of aryl methyl sites for hydroxylation is 1. The maximum atomic E-state index is 12.5. The van der Waals surface area contributed by atoms with Crippen LogP contribution in [0.4, 0.5) is 0 Å². The number of benzene rings is 2. The first-order valence-electron chi connectivity index (χ1n) is 12.8. The van der Waals surface area contributed by atoms with Crippen molar-refractivity contribution in [3.05, 3.63) is 65.5 Å². The van der Waals surface area contributed by atoms with Crippen molar-refractivity contribution < 1.29 is 28.4 Å². The number of hydrogen-bond acceptors (Lipinski definition) is 8. The first kappa shape index (κ1) is 26.8. The number of nitrogens with one attached hydrogen (secondary N) is 2. The minimum Gasteiger partial charge on any atom is -0.490 e. The van der Waals surface area contributed by atoms with Gasteiger partial charge in [0.2, 0.25) is 0 Å². The molecule has 2 N–H and O–H groups in total. The van der Waals surface area contributed by atoms with Crippen molar-refractivity contribution in [3.63, 3.8) is 0 Å². The van der Waals surface area contributed by atoms with E-state index >= 15 is 0 Å².